The summed E-state index contributed by atoms with van der Waals surface area (Å²) in [6, 6.07) is 5.80. The first-order chi connectivity index (χ1) is 6.81. The minimum absolute atomic E-state index is 0.622. The third kappa shape index (κ3) is 2.52. The number of hydrogen-bond donors (Lipinski definition) is 0. The topological polar surface area (TPSA) is 18.5 Å². The number of benzene rings is 1. The van der Waals surface area contributed by atoms with Gasteiger partial charge in [0.15, 0.2) is 11.5 Å². The fourth-order valence-electron chi connectivity index (χ4n) is 1.23. The maximum absolute atomic E-state index is 5.37. The SMILES string of the molecule is [CH2]Oc1cc(CC=C)ccc1OCC. The molecule has 0 saturated heterocycles. The van der Waals surface area contributed by atoms with Crippen LogP contribution in [0.2, 0.25) is 0 Å². The molecule has 2 heteroatoms. The molecule has 2 nitrogen and oxygen atoms in total. The molecule has 0 spiro atoms. The molecule has 1 aromatic carbocycles. The highest BCUT2D eigenvalue weighted by atomic mass is 16.5. The van der Waals surface area contributed by atoms with Crippen molar-refractivity contribution in [1.82, 2.24) is 0 Å². The normalized spacial score (nSPS) is 9.57. The zero-order valence-electron chi connectivity index (χ0n) is 8.45. The summed E-state index contributed by atoms with van der Waals surface area (Å²) >= 11 is 0. The van der Waals surface area contributed by atoms with Crippen molar-refractivity contribution >= 4 is 0 Å². The van der Waals surface area contributed by atoms with E-state index in [1.54, 1.807) is 0 Å². The molecule has 0 heterocycles. The zero-order chi connectivity index (χ0) is 10.4. The Bertz CT molecular complexity index is 305. The Hall–Kier alpha value is -1.44. The van der Waals surface area contributed by atoms with Crippen LogP contribution in [-0.2, 0) is 6.42 Å². The van der Waals surface area contributed by atoms with Gasteiger partial charge in [-0.1, -0.05) is 12.1 Å². The van der Waals surface area contributed by atoms with E-state index in [1.165, 1.54) is 0 Å². The standard InChI is InChI=1S/C12H15O2/c1-4-6-10-7-8-11(14-5-2)12(9-10)13-3/h4,7-9H,1,3,5-6H2,2H3. The Morgan fingerprint density at radius 2 is 2.14 bits per heavy atom. The van der Waals surface area contributed by atoms with Gasteiger partial charge in [-0.15, -0.1) is 6.58 Å². The van der Waals surface area contributed by atoms with Gasteiger partial charge in [0, 0.05) is 0 Å². The number of ether oxygens (including phenoxy) is 2. The van der Waals surface area contributed by atoms with E-state index in [0.29, 0.717) is 12.4 Å². The fourth-order valence-corrected chi connectivity index (χ4v) is 1.23. The third-order valence-corrected chi connectivity index (χ3v) is 1.84. The Labute approximate surface area is 85.2 Å². The van der Waals surface area contributed by atoms with Gasteiger partial charge in [-0.2, -0.15) is 0 Å². The number of rotatable bonds is 5. The maximum atomic E-state index is 5.37. The molecule has 0 aromatic heterocycles. The lowest BCUT2D eigenvalue weighted by Crippen LogP contribution is -1.95. The van der Waals surface area contributed by atoms with E-state index in [1.807, 2.05) is 31.2 Å². The zero-order valence-corrected chi connectivity index (χ0v) is 8.45. The second kappa shape index (κ2) is 5.32. The Morgan fingerprint density at radius 3 is 2.71 bits per heavy atom. The average Bonchev–Trinajstić information content (AvgIpc) is 2.21. The van der Waals surface area contributed by atoms with E-state index in [2.05, 4.69) is 13.7 Å². The van der Waals surface area contributed by atoms with Crippen molar-refractivity contribution < 1.29 is 9.47 Å². The van der Waals surface area contributed by atoms with Crippen LogP contribution in [0.5, 0.6) is 11.5 Å². The predicted octanol–water partition coefficient (Wildman–Crippen LogP) is 2.98. The van der Waals surface area contributed by atoms with Crippen molar-refractivity contribution in [3.05, 3.63) is 43.5 Å². The van der Waals surface area contributed by atoms with E-state index in [-0.39, 0.29) is 0 Å². The highest BCUT2D eigenvalue weighted by Gasteiger charge is 2.03. The van der Waals surface area contributed by atoms with Crippen LogP contribution >= 0.6 is 0 Å². The minimum atomic E-state index is 0.622. The van der Waals surface area contributed by atoms with E-state index in [9.17, 15) is 0 Å². The van der Waals surface area contributed by atoms with Gasteiger partial charge in [0.05, 0.1) is 6.61 Å². The molecule has 0 atom stereocenters. The molecule has 1 rings (SSSR count). The predicted molar refractivity (Wildman–Crippen MR) is 57.5 cm³/mol. The van der Waals surface area contributed by atoms with Crippen LogP contribution in [0.1, 0.15) is 12.5 Å². The summed E-state index contributed by atoms with van der Waals surface area (Å²) in [7, 11) is 3.39. The Morgan fingerprint density at radius 1 is 1.36 bits per heavy atom. The van der Waals surface area contributed by atoms with Gasteiger partial charge < -0.3 is 9.47 Å². The molecule has 1 radical (unpaired) electrons. The molecule has 0 aliphatic rings. The average molecular weight is 191 g/mol. The van der Waals surface area contributed by atoms with Gasteiger partial charge in [-0.25, -0.2) is 0 Å². The maximum Gasteiger partial charge on any atom is 0.161 e. The fraction of sp³-hybridized carbons (Fsp3) is 0.250. The minimum Gasteiger partial charge on any atom is -0.490 e. The van der Waals surface area contributed by atoms with E-state index < -0.39 is 0 Å². The first-order valence-electron chi connectivity index (χ1n) is 4.60. The monoisotopic (exact) mass is 191 g/mol. The molecule has 14 heavy (non-hydrogen) atoms. The van der Waals surface area contributed by atoms with Crippen molar-refractivity contribution in [2.24, 2.45) is 0 Å². The molecule has 1 aromatic rings. The molecule has 75 valence electrons. The third-order valence-electron chi connectivity index (χ3n) is 1.84. The molecule has 0 saturated carbocycles. The first kappa shape index (κ1) is 10.6. The summed E-state index contributed by atoms with van der Waals surface area (Å²) in [6.07, 6.45) is 2.67. The van der Waals surface area contributed by atoms with Crippen LogP contribution in [0, 0.1) is 7.11 Å². The van der Waals surface area contributed by atoms with Gasteiger partial charge in [-0.3, -0.25) is 0 Å². The van der Waals surface area contributed by atoms with Gasteiger partial charge >= 0.3 is 0 Å². The van der Waals surface area contributed by atoms with Crippen molar-refractivity contribution in [1.29, 1.82) is 0 Å². The summed E-state index contributed by atoms with van der Waals surface area (Å²) < 4.78 is 10.3. The Kier molecular flexibility index (Phi) is 4.05. The second-order valence-corrected chi connectivity index (χ2v) is 2.85. The van der Waals surface area contributed by atoms with Gasteiger partial charge in [0.25, 0.3) is 0 Å². The highest BCUT2D eigenvalue weighted by Crippen LogP contribution is 2.28. The van der Waals surface area contributed by atoms with E-state index in [0.717, 1.165) is 17.7 Å². The van der Waals surface area contributed by atoms with Crippen LogP contribution in [-0.4, -0.2) is 6.61 Å². The van der Waals surface area contributed by atoms with Crippen LogP contribution in [0.4, 0.5) is 0 Å². The smallest absolute Gasteiger partial charge is 0.161 e. The van der Waals surface area contributed by atoms with Crippen molar-refractivity contribution in [2.45, 2.75) is 13.3 Å². The number of allylic oxidation sites excluding steroid dienone is 1. The van der Waals surface area contributed by atoms with Crippen molar-refractivity contribution in [3.63, 3.8) is 0 Å². The lowest BCUT2D eigenvalue weighted by Gasteiger charge is -2.09. The summed E-state index contributed by atoms with van der Waals surface area (Å²) in [5, 5.41) is 0. The highest BCUT2D eigenvalue weighted by molar-refractivity contribution is 5.43. The van der Waals surface area contributed by atoms with Gasteiger partial charge in [0.2, 0.25) is 0 Å². The Balaban J connectivity index is 2.92. The van der Waals surface area contributed by atoms with Gasteiger partial charge in [-0.05, 0) is 31.0 Å². The van der Waals surface area contributed by atoms with Crippen molar-refractivity contribution in [3.8, 4) is 11.5 Å². The molecule has 0 aliphatic heterocycles. The molecule has 0 fully saturated rings. The lowest BCUT2D eigenvalue weighted by molar-refractivity contribution is 0.320. The van der Waals surface area contributed by atoms with Gasteiger partial charge in [0.1, 0.15) is 7.11 Å². The van der Waals surface area contributed by atoms with E-state index in [4.69, 9.17) is 9.47 Å². The number of hydrogen-bond acceptors (Lipinski definition) is 2. The lowest BCUT2D eigenvalue weighted by atomic mass is 10.1. The quantitative estimate of drug-likeness (QED) is 0.666. The van der Waals surface area contributed by atoms with Crippen LogP contribution in [0.3, 0.4) is 0 Å². The molecule has 0 N–H and O–H groups in total. The second-order valence-electron chi connectivity index (χ2n) is 2.85. The molecular weight excluding hydrogens is 176 g/mol. The van der Waals surface area contributed by atoms with Crippen LogP contribution in [0.15, 0.2) is 30.9 Å². The summed E-state index contributed by atoms with van der Waals surface area (Å²) in [6.45, 7) is 6.24. The molecular formula is C12H15O2. The summed E-state index contributed by atoms with van der Waals surface area (Å²) in [5.74, 6) is 1.40. The molecule has 0 aliphatic carbocycles. The summed E-state index contributed by atoms with van der Waals surface area (Å²) in [4.78, 5) is 0. The molecule has 0 unspecified atom stereocenters. The largest absolute Gasteiger partial charge is 0.490 e. The first-order valence-corrected chi connectivity index (χ1v) is 4.60. The molecule has 0 amide bonds. The van der Waals surface area contributed by atoms with Crippen LogP contribution < -0.4 is 9.47 Å². The molecule has 0 bridgehead atoms. The van der Waals surface area contributed by atoms with E-state index >= 15 is 0 Å². The van der Waals surface area contributed by atoms with Crippen LogP contribution in [0.25, 0.3) is 0 Å². The van der Waals surface area contributed by atoms with Crippen molar-refractivity contribution in [2.75, 3.05) is 6.61 Å². The summed E-state index contributed by atoms with van der Waals surface area (Å²) in [5.41, 5.74) is 1.14.